The summed E-state index contributed by atoms with van der Waals surface area (Å²) in [4.78, 5) is 12.9. The summed E-state index contributed by atoms with van der Waals surface area (Å²) in [5.41, 5.74) is 0.308. The summed E-state index contributed by atoms with van der Waals surface area (Å²) in [5.74, 6) is 0.380. The average Bonchev–Trinajstić information content (AvgIpc) is 2.78. The average molecular weight is 496 g/mol. The first-order chi connectivity index (χ1) is 15.6. The number of fused-ring (bicyclic) bond motifs is 1. The lowest BCUT2D eigenvalue weighted by Crippen LogP contribution is -2.46. The number of nitrogens with zero attached hydrogens (tertiary/aromatic N) is 1. The number of para-hydroxylation sites is 1. The summed E-state index contributed by atoms with van der Waals surface area (Å²) in [7, 11) is -7.26. The number of anilines is 1. The number of nitrogens with one attached hydrogen (secondary N) is 2. The molecule has 1 saturated heterocycles. The van der Waals surface area contributed by atoms with E-state index >= 15 is 0 Å². The van der Waals surface area contributed by atoms with Gasteiger partial charge < -0.3 is 14.8 Å². The minimum absolute atomic E-state index is 0.0184. The third-order valence-corrected chi connectivity index (χ3v) is 8.16. The largest absolute Gasteiger partial charge is 0.486 e. The van der Waals surface area contributed by atoms with Crippen molar-refractivity contribution in [1.29, 1.82) is 0 Å². The van der Waals surface area contributed by atoms with E-state index in [-0.39, 0.29) is 22.2 Å². The Balaban J connectivity index is 1.48. The fraction of sp³-hybridized carbons (Fsp3) is 0.381. The number of carbonyl (C=O) groups excluding carboxylic acids is 1. The Hall–Kier alpha value is -2.83. The Morgan fingerprint density at radius 1 is 0.970 bits per heavy atom. The van der Waals surface area contributed by atoms with E-state index < -0.39 is 26.0 Å². The van der Waals surface area contributed by atoms with E-state index in [4.69, 9.17) is 9.47 Å². The van der Waals surface area contributed by atoms with Gasteiger partial charge in [0.15, 0.2) is 11.5 Å². The zero-order valence-corrected chi connectivity index (χ0v) is 19.6. The lowest BCUT2D eigenvalue weighted by Gasteiger charge is -2.30. The molecule has 10 nitrogen and oxygen atoms in total. The van der Waals surface area contributed by atoms with Crippen LogP contribution in [0, 0.1) is 0 Å². The van der Waals surface area contributed by atoms with Crippen molar-refractivity contribution in [2.45, 2.75) is 23.8 Å². The van der Waals surface area contributed by atoms with E-state index in [1.54, 1.807) is 12.1 Å². The molecular formula is C21H25N3O7S2. The maximum atomic E-state index is 13.0. The van der Waals surface area contributed by atoms with Crippen LogP contribution in [0.1, 0.15) is 23.2 Å². The number of benzene rings is 2. The van der Waals surface area contributed by atoms with Gasteiger partial charge in [0.25, 0.3) is 15.9 Å². The summed E-state index contributed by atoms with van der Waals surface area (Å²) in [5, 5.41) is 2.88. The predicted molar refractivity (Wildman–Crippen MR) is 122 cm³/mol. The van der Waals surface area contributed by atoms with Crippen molar-refractivity contribution in [3.8, 4) is 11.5 Å². The van der Waals surface area contributed by atoms with Crippen LogP contribution in [-0.4, -0.2) is 65.6 Å². The van der Waals surface area contributed by atoms with E-state index in [1.165, 1.54) is 34.6 Å². The SMILES string of the molecule is CS(=O)(=O)N1CCC(NC(=O)c2ccccc2NS(=O)(=O)c2ccc3c(c2)OCCO3)CC1. The number of hydrogen-bond acceptors (Lipinski definition) is 7. The van der Waals surface area contributed by atoms with Gasteiger partial charge in [-0.3, -0.25) is 9.52 Å². The molecule has 12 heteroatoms. The summed E-state index contributed by atoms with van der Waals surface area (Å²) in [6.07, 6.45) is 2.11. The summed E-state index contributed by atoms with van der Waals surface area (Å²) in [6, 6.07) is 10.4. The van der Waals surface area contributed by atoms with Crippen molar-refractivity contribution in [2.24, 2.45) is 0 Å². The Morgan fingerprint density at radius 3 is 2.33 bits per heavy atom. The second kappa shape index (κ2) is 9.20. The van der Waals surface area contributed by atoms with E-state index in [2.05, 4.69) is 10.0 Å². The van der Waals surface area contributed by atoms with Gasteiger partial charge in [-0.25, -0.2) is 21.1 Å². The molecule has 1 fully saturated rings. The van der Waals surface area contributed by atoms with Gasteiger partial charge in [0.2, 0.25) is 10.0 Å². The van der Waals surface area contributed by atoms with Crippen LogP contribution in [0.3, 0.4) is 0 Å². The molecule has 0 saturated carbocycles. The quantitative estimate of drug-likeness (QED) is 0.619. The third kappa shape index (κ3) is 5.40. The Bertz CT molecular complexity index is 1250. The molecule has 2 aromatic carbocycles. The molecule has 33 heavy (non-hydrogen) atoms. The van der Waals surface area contributed by atoms with Gasteiger partial charge in [0, 0.05) is 25.2 Å². The van der Waals surface area contributed by atoms with Crippen LogP contribution in [0.2, 0.25) is 0 Å². The summed E-state index contributed by atoms with van der Waals surface area (Å²) < 4.78 is 64.1. The van der Waals surface area contributed by atoms with Crippen molar-refractivity contribution in [3.05, 3.63) is 48.0 Å². The highest BCUT2D eigenvalue weighted by Gasteiger charge is 2.27. The number of piperidine rings is 1. The second-order valence-corrected chi connectivity index (χ2v) is 11.5. The van der Waals surface area contributed by atoms with Crippen LogP contribution >= 0.6 is 0 Å². The van der Waals surface area contributed by atoms with Gasteiger partial charge >= 0.3 is 0 Å². The molecule has 4 rings (SSSR count). The second-order valence-electron chi connectivity index (χ2n) is 7.87. The molecule has 0 aliphatic carbocycles. The molecule has 0 aromatic heterocycles. The van der Waals surface area contributed by atoms with Gasteiger partial charge in [0.05, 0.1) is 22.4 Å². The molecule has 178 valence electrons. The van der Waals surface area contributed by atoms with Gasteiger partial charge in [-0.2, -0.15) is 0 Å². The maximum absolute atomic E-state index is 13.0. The molecular weight excluding hydrogens is 470 g/mol. The van der Waals surface area contributed by atoms with E-state index in [0.29, 0.717) is 50.6 Å². The smallest absolute Gasteiger partial charge is 0.262 e. The molecule has 2 N–H and O–H groups in total. The molecule has 2 heterocycles. The standard InChI is InChI=1S/C21H25N3O7S2/c1-32(26,27)24-10-8-15(9-11-24)22-21(25)17-4-2-3-5-18(17)23-33(28,29)16-6-7-19-20(14-16)31-13-12-30-19/h2-7,14-15,23H,8-13H2,1H3,(H,22,25). The third-order valence-electron chi connectivity index (χ3n) is 5.50. The molecule has 2 aliphatic heterocycles. The number of carbonyl (C=O) groups is 1. The zero-order chi connectivity index (χ0) is 23.6. The number of sulfonamides is 2. The lowest BCUT2D eigenvalue weighted by atomic mass is 10.1. The van der Waals surface area contributed by atoms with Crippen molar-refractivity contribution < 1.29 is 31.1 Å². The summed E-state index contributed by atoms with van der Waals surface area (Å²) in [6.45, 7) is 1.37. The lowest BCUT2D eigenvalue weighted by molar-refractivity contribution is 0.0925. The van der Waals surface area contributed by atoms with Crippen LogP contribution in [0.25, 0.3) is 0 Å². The van der Waals surface area contributed by atoms with Crippen LogP contribution < -0.4 is 19.5 Å². The van der Waals surface area contributed by atoms with Gasteiger partial charge in [-0.15, -0.1) is 0 Å². The molecule has 1 amide bonds. The normalized spacial score (nSPS) is 17.4. The van der Waals surface area contributed by atoms with Crippen molar-refractivity contribution in [3.63, 3.8) is 0 Å². The molecule has 2 aliphatic rings. The number of ether oxygens (including phenoxy) is 2. The monoisotopic (exact) mass is 495 g/mol. The Labute approximate surface area is 193 Å². The Morgan fingerprint density at radius 2 is 1.64 bits per heavy atom. The summed E-state index contributed by atoms with van der Waals surface area (Å²) >= 11 is 0. The van der Waals surface area contributed by atoms with Gasteiger partial charge in [-0.05, 0) is 37.1 Å². The minimum atomic E-state index is -4.00. The minimum Gasteiger partial charge on any atom is -0.486 e. The fourth-order valence-electron chi connectivity index (χ4n) is 3.76. The first-order valence-corrected chi connectivity index (χ1v) is 13.7. The highest BCUT2D eigenvalue weighted by Crippen LogP contribution is 2.33. The van der Waals surface area contributed by atoms with Gasteiger partial charge in [-0.1, -0.05) is 12.1 Å². The highest BCUT2D eigenvalue weighted by molar-refractivity contribution is 7.92. The molecule has 0 atom stereocenters. The first-order valence-electron chi connectivity index (χ1n) is 10.4. The van der Waals surface area contributed by atoms with Crippen LogP contribution in [0.5, 0.6) is 11.5 Å². The molecule has 0 unspecified atom stereocenters. The zero-order valence-electron chi connectivity index (χ0n) is 18.0. The number of amides is 1. The predicted octanol–water partition coefficient (Wildman–Crippen LogP) is 1.41. The fourth-order valence-corrected chi connectivity index (χ4v) is 5.73. The van der Waals surface area contributed by atoms with E-state index in [0.717, 1.165) is 6.26 Å². The van der Waals surface area contributed by atoms with Crippen molar-refractivity contribution >= 4 is 31.6 Å². The highest BCUT2D eigenvalue weighted by atomic mass is 32.2. The molecule has 0 spiro atoms. The first kappa shape index (κ1) is 23.3. The number of rotatable bonds is 6. The van der Waals surface area contributed by atoms with E-state index in [1.807, 2.05) is 0 Å². The number of hydrogen-bond donors (Lipinski definition) is 2. The molecule has 0 bridgehead atoms. The van der Waals surface area contributed by atoms with Crippen molar-refractivity contribution in [2.75, 3.05) is 37.3 Å². The molecule has 0 radical (unpaired) electrons. The topological polar surface area (TPSA) is 131 Å². The van der Waals surface area contributed by atoms with Crippen molar-refractivity contribution in [1.82, 2.24) is 9.62 Å². The van der Waals surface area contributed by atoms with E-state index in [9.17, 15) is 21.6 Å². The maximum Gasteiger partial charge on any atom is 0.262 e. The molecule has 2 aromatic rings. The van der Waals surface area contributed by atoms with Crippen LogP contribution in [0.15, 0.2) is 47.4 Å². The van der Waals surface area contributed by atoms with Gasteiger partial charge in [0.1, 0.15) is 13.2 Å². The Kier molecular flexibility index (Phi) is 6.50. The van der Waals surface area contributed by atoms with Crippen LogP contribution in [0.4, 0.5) is 5.69 Å². The van der Waals surface area contributed by atoms with Crippen LogP contribution in [-0.2, 0) is 20.0 Å².